The number of hydrogen-bond acceptors (Lipinski definition) is 5. The smallest absolute Gasteiger partial charge is 0.245 e. The van der Waals surface area contributed by atoms with Crippen molar-refractivity contribution in [2.24, 2.45) is 0 Å². The summed E-state index contributed by atoms with van der Waals surface area (Å²) in [6, 6.07) is 12.6. The highest BCUT2D eigenvalue weighted by Crippen LogP contribution is 2.47. The standard InChI is InChI=1S/C22H27N3O4S/c1-4-13-23-19-17-7-5-6-8-18(17)20-24(22(19)27)21(26)15(3)25(20)30(28,29)16-11-9-14(2)10-12-16/h5-12,15,19-20,22-23,27H,4,13H2,1-3H3/t15-,19-,20+,22+/m0/s1. The van der Waals surface area contributed by atoms with Crippen LogP contribution >= 0.6 is 0 Å². The van der Waals surface area contributed by atoms with E-state index in [0.717, 1.165) is 17.5 Å². The minimum Gasteiger partial charge on any atom is -0.371 e. The molecule has 0 saturated carbocycles. The van der Waals surface area contributed by atoms with E-state index < -0.39 is 40.4 Å². The Bertz CT molecular complexity index is 1050. The molecule has 7 nitrogen and oxygen atoms in total. The first-order valence-corrected chi connectivity index (χ1v) is 11.7. The molecule has 1 saturated heterocycles. The number of aryl methyl sites for hydroxylation is 1. The van der Waals surface area contributed by atoms with Crippen molar-refractivity contribution in [2.45, 2.75) is 56.6 Å². The Morgan fingerprint density at radius 3 is 2.33 bits per heavy atom. The van der Waals surface area contributed by atoms with E-state index in [4.69, 9.17) is 0 Å². The second kappa shape index (κ2) is 7.77. The predicted molar refractivity (Wildman–Crippen MR) is 113 cm³/mol. The van der Waals surface area contributed by atoms with Crippen molar-refractivity contribution < 1.29 is 18.3 Å². The minimum atomic E-state index is -3.97. The van der Waals surface area contributed by atoms with Crippen LogP contribution in [0, 0.1) is 6.92 Å². The van der Waals surface area contributed by atoms with E-state index in [2.05, 4.69) is 5.32 Å². The van der Waals surface area contributed by atoms with Crippen LogP contribution in [0.4, 0.5) is 0 Å². The van der Waals surface area contributed by atoms with E-state index in [0.29, 0.717) is 12.1 Å². The number of carbonyl (C=O) groups excluding carboxylic acids is 1. The first-order chi connectivity index (χ1) is 14.3. The molecule has 1 amide bonds. The maximum absolute atomic E-state index is 13.6. The Hall–Kier alpha value is -2.26. The lowest BCUT2D eigenvalue weighted by molar-refractivity contribution is -0.144. The van der Waals surface area contributed by atoms with E-state index in [9.17, 15) is 18.3 Å². The Balaban J connectivity index is 1.85. The maximum Gasteiger partial charge on any atom is 0.245 e. The van der Waals surface area contributed by atoms with Gasteiger partial charge in [0.25, 0.3) is 0 Å². The summed E-state index contributed by atoms with van der Waals surface area (Å²) in [6.45, 7) is 6.16. The van der Waals surface area contributed by atoms with Crippen molar-refractivity contribution in [2.75, 3.05) is 6.54 Å². The Morgan fingerprint density at radius 1 is 1.07 bits per heavy atom. The van der Waals surface area contributed by atoms with Crippen LogP contribution in [0.5, 0.6) is 0 Å². The van der Waals surface area contributed by atoms with Gasteiger partial charge >= 0.3 is 0 Å². The first kappa shape index (κ1) is 21.0. The third-order valence-corrected chi connectivity index (χ3v) is 7.84. The van der Waals surface area contributed by atoms with Gasteiger partial charge in [0.05, 0.1) is 10.9 Å². The number of hydrogen-bond donors (Lipinski definition) is 2. The van der Waals surface area contributed by atoms with Crippen LogP contribution in [0.25, 0.3) is 0 Å². The van der Waals surface area contributed by atoms with Gasteiger partial charge in [0.15, 0.2) is 6.23 Å². The van der Waals surface area contributed by atoms with E-state index in [1.807, 2.05) is 38.1 Å². The van der Waals surface area contributed by atoms with Crippen molar-refractivity contribution in [1.29, 1.82) is 0 Å². The number of aliphatic hydroxyl groups is 1. The molecule has 2 aromatic carbocycles. The number of nitrogens with zero attached hydrogens (tertiary/aromatic N) is 2. The van der Waals surface area contributed by atoms with Crippen LogP contribution in [0.15, 0.2) is 53.4 Å². The summed E-state index contributed by atoms with van der Waals surface area (Å²) in [7, 11) is -3.97. The number of rotatable bonds is 5. The van der Waals surface area contributed by atoms with Gasteiger partial charge in [-0.3, -0.25) is 9.69 Å². The molecule has 2 N–H and O–H groups in total. The normalized spacial score (nSPS) is 26.5. The van der Waals surface area contributed by atoms with Gasteiger partial charge in [-0.1, -0.05) is 48.9 Å². The molecule has 30 heavy (non-hydrogen) atoms. The van der Waals surface area contributed by atoms with Crippen LogP contribution in [0.3, 0.4) is 0 Å². The lowest BCUT2D eigenvalue weighted by Crippen LogP contribution is -2.52. The molecule has 0 unspecified atom stereocenters. The average Bonchev–Trinajstić information content (AvgIpc) is 3.00. The summed E-state index contributed by atoms with van der Waals surface area (Å²) in [5.41, 5.74) is 2.47. The fourth-order valence-corrected chi connectivity index (χ4v) is 6.09. The van der Waals surface area contributed by atoms with Gasteiger partial charge in [0, 0.05) is 0 Å². The monoisotopic (exact) mass is 429 g/mol. The van der Waals surface area contributed by atoms with Crippen molar-refractivity contribution >= 4 is 15.9 Å². The SMILES string of the molecule is CCCN[C@H]1c2ccccc2[C@@H]2N(C(=O)[C@H](C)N2S(=O)(=O)c2ccc(C)cc2)[C@@H]1O. The molecule has 1 fully saturated rings. The third-order valence-electron chi connectivity index (χ3n) is 5.90. The number of amides is 1. The van der Waals surface area contributed by atoms with Crippen LogP contribution in [-0.2, 0) is 14.8 Å². The zero-order chi connectivity index (χ0) is 21.6. The van der Waals surface area contributed by atoms with Crippen LogP contribution in [-0.4, -0.2) is 47.5 Å². The molecule has 2 aromatic rings. The lowest BCUT2D eigenvalue weighted by Gasteiger charge is -2.43. The van der Waals surface area contributed by atoms with E-state index in [1.54, 1.807) is 31.2 Å². The largest absolute Gasteiger partial charge is 0.371 e. The van der Waals surface area contributed by atoms with Crippen molar-refractivity contribution in [3.63, 3.8) is 0 Å². The summed E-state index contributed by atoms with van der Waals surface area (Å²) in [4.78, 5) is 14.6. The molecule has 0 radical (unpaired) electrons. The molecule has 4 rings (SSSR count). The van der Waals surface area contributed by atoms with Gasteiger partial charge in [0.1, 0.15) is 12.2 Å². The second-order valence-electron chi connectivity index (χ2n) is 7.92. The maximum atomic E-state index is 13.6. The third kappa shape index (κ3) is 3.15. The summed E-state index contributed by atoms with van der Waals surface area (Å²) in [5, 5.41) is 14.4. The Labute approximate surface area is 177 Å². The first-order valence-electron chi connectivity index (χ1n) is 10.2. The molecule has 2 aliphatic heterocycles. The summed E-state index contributed by atoms with van der Waals surface area (Å²) >= 11 is 0. The molecule has 0 aromatic heterocycles. The molecular formula is C22H27N3O4S. The summed E-state index contributed by atoms with van der Waals surface area (Å²) in [5.74, 6) is -0.402. The summed E-state index contributed by atoms with van der Waals surface area (Å²) < 4.78 is 28.4. The predicted octanol–water partition coefficient (Wildman–Crippen LogP) is 2.29. The zero-order valence-corrected chi connectivity index (χ0v) is 18.1. The van der Waals surface area contributed by atoms with Crippen LogP contribution in [0.2, 0.25) is 0 Å². The highest BCUT2D eigenvalue weighted by atomic mass is 32.2. The van der Waals surface area contributed by atoms with E-state index >= 15 is 0 Å². The molecule has 0 aliphatic carbocycles. The Kier molecular flexibility index (Phi) is 5.44. The van der Waals surface area contributed by atoms with Gasteiger partial charge in [-0.05, 0) is 50.1 Å². The fraction of sp³-hybridized carbons (Fsp3) is 0.409. The van der Waals surface area contributed by atoms with E-state index in [-0.39, 0.29) is 4.90 Å². The number of benzene rings is 2. The molecule has 8 heteroatoms. The minimum absolute atomic E-state index is 0.132. The molecule has 2 aliphatic rings. The number of nitrogens with one attached hydrogen (secondary N) is 1. The van der Waals surface area contributed by atoms with Crippen LogP contribution in [0.1, 0.15) is 49.2 Å². The van der Waals surface area contributed by atoms with Gasteiger partial charge in [0.2, 0.25) is 15.9 Å². The van der Waals surface area contributed by atoms with Crippen molar-refractivity contribution in [3.8, 4) is 0 Å². The number of fused-ring (bicyclic) bond motifs is 3. The quantitative estimate of drug-likeness (QED) is 0.761. The van der Waals surface area contributed by atoms with Crippen LogP contribution < -0.4 is 5.32 Å². The number of carbonyl (C=O) groups is 1. The fourth-order valence-electron chi connectivity index (χ4n) is 4.38. The van der Waals surface area contributed by atoms with Gasteiger partial charge in [-0.2, -0.15) is 4.31 Å². The van der Waals surface area contributed by atoms with Gasteiger partial charge in [-0.25, -0.2) is 8.42 Å². The average molecular weight is 430 g/mol. The number of aliphatic hydroxyl groups excluding tert-OH is 1. The van der Waals surface area contributed by atoms with Gasteiger partial charge in [-0.15, -0.1) is 0 Å². The molecule has 0 bridgehead atoms. The molecule has 4 atom stereocenters. The second-order valence-corrected chi connectivity index (χ2v) is 9.76. The molecule has 2 heterocycles. The molecular weight excluding hydrogens is 402 g/mol. The zero-order valence-electron chi connectivity index (χ0n) is 17.3. The highest BCUT2D eigenvalue weighted by molar-refractivity contribution is 7.89. The van der Waals surface area contributed by atoms with Gasteiger partial charge < -0.3 is 10.4 Å². The Morgan fingerprint density at radius 2 is 1.70 bits per heavy atom. The van der Waals surface area contributed by atoms with Crippen molar-refractivity contribution in [1.82, 2.24) is 14.5 Å². The topological polar surface area (TPSA) is 90.0 Å². The molecule has 0 spiro atoms. The van der Waals surface area contributed by atoms with Crippen molar-refractivity contribution in [3.05, 3.63) is 65.2 Å². The number of sulfonamides is 1. The molecule has 160 valence electrons. The van der Waals surface area contributed by atoms with E-state index in [1.165, 1.54) is 9.21 Å². The lowest BCUT2D eigenvalue weighted by atomic mass is 9.92. The summed E-state index contributed by atoms with van der Waals surface area (Å²) in [6.07, 6.45) is -1.18. The highest BCUT2D eigenvalue weighted by Gasteiger charge is 2.56.